The highest BCUT2D eigenvalue weighted by Crippen LogP contribution is 2.33. The summed E-state index contributed by atoms with van der Waals surface area (Å²) in [7, 11) is 3.62. The number of rotatable bonds is 8. The Balaban J connectivity index is 1.31. The lowest BCUT2D eigenvalue weighted by Crippen LogP contribution is -2.38. The summed E-state index contributed by atoms with van der Waals surface area (Å²) in [6.45, 7) is 4.13. The first-order valence-corrected chi connectivity index (χ1v) is 12.3. The molecule has 2 aliphatic rings. The third-order valence-electron chi connectivity index (χ3n) is 6.65. The van der Waals surface area contributed by atoms with Gasteiger partial charge in [0.2, 0.25) is 0 Å². The summed E-state index contributed by atoms with van der Waals surface area (Å²) in [5, 5.41) is 6.34. The van der Waals surface area contributed by atoms with Crippen molar-refractivity contribution in [3.8, 4) is 5.75 Å². The number of carbonyl (C=O) groups is 1. The molecular weight excluding hydrogens is 456 g/mol. The van der Waals surface area contributed by atoms with E-state index in [0.717, 1.165) is 49.1 Å². The fourth-order valence-corrected chi connectivity index (χ4v) is 4.81. The van der Waals surface area contributed by atoms with E-state index < -0.39 is 0 Å². The molecule has 1 fully saturated rings. The highest BCUT2D eigenvalue weighted by atomic mass is 16.5. The van der Waals surface area contributed by atoms with E-state index in [9.17, 15) is 4.79 Å². The number of morpholine rings is 1. The number of likely N-dealkylation sites (N-methyl/N-ethyl adjacent to an activating group) is 1. The van der Waals surface area contributed by atoms with Crippen LogP contribution in [0.25, 0.3) is 0 Å². The number of hydrazone groups is 1. The van der Waals surface area contributed by atoms with Gasteiger partial charge in [0.15, 0.2) is 0 Å². The molecule has 3 aromatic rings. The lowest BCUT2D eigenvalue weighted by Gasteiger charge is -2.31. The molecule has 1 amide bonds. The Labute approximate surface area is 211 Å². The predicted octanol–water partition coefficient (Wildman–Crippen LogP) is 3.93. The molecule has 0 aliphatic carbocycles. The number of methoxy groups -OCH3 is 1. The number of hydrogen-bond donors (Lipinski definition) is 0. The van der Waals surface area contributed by atoms with Crippen LogP contribution < -0.4 is 9.64 Å². The van der Waals surface area contributed by atoms with Crippen LogP contribution in [0.5, 0.6) is 5.75 Å². The molecule has 36 heavy (non-hydrogen) atoms. The van der Waals surface area contributed by atoms with Crippen LogP contribution in [0.15, 0.2) is 76.4 Å². The van der Waals surface area contributed by atoms with Crippen LogP contribution in [0.3, 0.4) is 0 Å². The average molecular weight is 489 g/mol. The standard InChI is InChI=1S/C28H32N4O4/c1-30(19-22-6-3-4-7-25(22)31-13-16-35-17-14-31)20-28(33)32-26(27-8-5-15-36-27)18-24(29-32)21-9-11-23(34-2)12-10-21/h3-12,15,26H,13-14,16-20H2,1-2H3/t26-/m0/s1. The van der Waals surface area contributed by atoms with Crippen molar-refractivity contribution in [3.05, 3.63) is 83.8 Å². The van der Waals surface area contributed by atoms with Gasteiger partial charge in [-0.25, -0.2) is 5.01 Å². The fourth-order valence-electron chi connectivity index (χ4n) is 4.81. The van der Waals surface area contributed by atoms with E-state index in [1.807, 2.05) is 54.4 Å². The van der Waals surface area contributed by atoms with Gasteiger partial charge < -0.3 is 18.8 Å². The predicted molar refractivity (Wildman–Crippen MR) is 138 cm³/mol. The first kappa shape index (κ1) is 24.1. The Morgan fingerprint density at radius 1 is 1.08 bits per heavy atom. The van der Waals surface area contributed by atoms with Crippen molar-refractivity contribution >= 4 is 17.3 Å². The molecule has 5 rings (SSSR count). The molecule has 2 aromatic carbocycles. The number of benzene rings is 2. The number of para-hydroxylation sites is 1. The molecule has 188 valence electrons. The van der Waals surface area contributed by atoms with Gasteiger partial charge in [-0.3, -0.25) is 9.69 Å². The Morgan fingerprint density at radius 3 is 2.58 bits per heavy atom. The first-order valence-electron chi connectivity index (χ1n) is 12.3. The van der Waals surface area contributed by atoms with Gasteiger partial charge in [0.1, 0.15) is 17.6 Å². The molecule has 8 nitrogen and oxygen atoms in total. The second-order valence-corrected chi connectivity index (χ2v) is 9.15. The summed E-state index contributed by atoms with van der Waals surface area (Å²) in [4.78, 5) is 17.9. The molecule has 0 N–H and O–H groups in total. The summed E-state index contributed by atoms with van der Waals surface area (Å²) in [6, 6.07) is 19.6. The van der Waals surface area contributed by atoms with Crippen LogP contribution in [0.4, 0.5) is 5.69 Å². The normalized spacial score (nSPS) is 18.0. The molecule has 3 heterocycles. The van der Waals surface area contributed by atoms with Gasteiger partial charge in [0.25, 0.3) is 5.91 Å². The van der Waals surface area contributed by atoms with Gasteiger partial charge in [-0.1, -0.05) is 18.2 Å². The molecule has 2 aliphatic heterocycles. The number of ether oxygens (including phenoxy) is 2. The maximum absolute atomic E-state index is 13.5. The lowest BCUT2D eigenvalue weighted by atomic mass is 10.0. The lowest BCUT2D eigenvalue weighted by molar-refractivity contribution is -0.134. The molecular formula is C28H32N4O4. The van der Waals surface area contributed by atoms with Crippen molar-refractivity contribution in [2.24, 2.45) is 5.10 Å². The number of hydrogen-bond acceptors (Lipinski definition) is 7. The fraction of sp³-hybridized carbons (Fsp3) is 0.357. The topological polar surface area (TPSA) is 70.8 Å². The Bertz CT molecular complexity index is 1190. The van der Waals surface area contributed by atoms with Crippen molar-refractivity contribution < 1.29 is 18.7 Å². The highest BCUT2D eigenvalue weighted by Gasteiger charge is 2.35. The van der Waals surface area contributed by atoms with Crippen LogP contribution >= 0.6 is 0 Å². The molecule has 1 atom stereocenters. The van der Waals surface area contributed by atoms with E-state index in [-0.39, 0.29) is 18.5 Å². The molecule has 8 heteroatoms. The minimum Gasteiger partial charge on any atom is -0.497 e. The van der Waals surface area contributed by atoms with Crippen molar-refractivity contribution in [3.63, 3.8) is 0 Å². The minimum absolute atomic E-state index is 0.0636. The van der Waals surface area contributed by atoms with E-state index in [0.29, 0.717) is 13.0 Å². The Kier molecular flexibility index (Phi) is 7.34. The number of furan rings is 1. The van der Waals surface area contributed by atoms with E-state index >= 15 is 0 Å². The van der Waals surface area contributed by atoms with Gasteiger partial charge in [-0.15, -0.1) is 0 Å². The molecule has 0 spiro atoms. The minimum atomic E-state index is -0.265. The van der Waals surface area contributed by atoms with E-state index in [2.05, 4.69) is 23.1 Å². The number of carbonyl (C=O) groups excluding carboxylic acids is 1. The van der Waals surface area contributed by atoms with Crippen LogP contribution in [0.1, 0.15) is 29.3 Å². The van der Waals surface area contributed by atoms with E-state index in [1.54, 1.807) is 18.4 Å². The van der Waals surface area contributed by atoms with Gasteiger partial charge >= 0.3 is 0 Å². The summed E-state index contributed by atoms with van der Waals surface area (Å²) in [6.07, 6.45) is 2.23. The monoisotopic (exact) mass is 488 g/mol. The molecule has 0 bridgehead atoms. The van der Waals surface area contributed by atoms with Crippen molar-refractivity contribution in [1.29, 1.82) is 0 Å². The SMILES string of the molecule is COc1ccc(C2=NN(C(=O)CN(C)Cc3ccccc3N3CCOCC3)[C@H](c3ccco3)C2)cc1. The van der Waals surface area contributed by atoms with E-state index in [4.69, 9.17) is 19.0 Å². The summed E-state index contributed by atoms with van der Waals surface area (Å²) >= 11 is 0. The average Bonchev–Trinajstić information content (AvgIpc) is 3.60. The molecule has 0 radical (unpaired) electrons. The smallest absolute Gasteiger partial charge is 0.257 e. The van der Waals surface area contributed by atoms with Gasteiger partial charge in [-0.2, -0.15) is 5.10 Å². The molecule has 0 unspecified atom stereocenters. The zero-order valence-electron chi connectivity index (χ0n) is 20.8. The van der Waals surface area contributed by atoms with Crippen LogP contribution in [0, 0.1) is 0 Å². The maximum Gasteiger partial charge on any atom is 0.257 e. The van der Waals surface area contributed by atoms with Crippen molar-refractivity contribution in [2.75, 3.05) is 51.9 Å². The van der Waals surface area contributed by atoms with Gasteiger partial charge in [0, 0.05) is 31.7 Å². The summed E-state index contributed by atoms with van der Waals surface area (Å²) in [5.74, 6) is 1.45. The first-order chi connectivity index (χ1) is 17.6. The van der Waals surface area contributed by atoms with E-state index in [1.165, 1.54) is 11.3 Å². The third-order valence-corrected chi connectivity index (χ3v) is 6.65. The van der Waals surface area contributed by atoms with Gasteiger partial charge in [-0.05, 0) is 60.6 Å². The molecule has 1 aromatic heterocycles. The van der Waals surface area contributed by atoms with Crippen LogP contribution in [-0.2, 0) is 16.1 Å². The van der Waals surface area contributed by atoms with Crippen molar-refractivity contribution in [1.82, 2.24) is 9.91 Å². The zero-order chi connectivity index (χ0) is 24.9. The Morgan fingerprint density at radius 2 is 1.86 bits per heavy atom. The largest absolute Gasteiger partial charge is 0.497 e. The summed E-state index contributed by atoms with van der Waals surface area (Å²) in [5.41, 5.74) is 4.22. The maximum atomic E-state index is 13.5. The number of anilines is 1. The van der Waals surface area contributed by atoms with Crippen LogP contribution in [0.2, 0.25) is 0 Å². The quantitative estimate of drug-likeness (QED) is 0.479. The molecule has 1 saturated heterocycles. The van der Waals surface area contributed by atoms with Crippen LogP contribution in [-0.4, -0.2) is 68.5 Å². The van der Waals surface area contributed by atoms with Crippen molar-refractivity contribution in [2.45, 2.75) is 19.0 Å². The second-order valence-electron chi connectivity index (χ2n) is 9.15. The highest BCUT2D eigenvalue weighted by molar-refractivity contribution is 6.03. The zero-order valence-corrected chi connectivity index (χ0v) is 20.8. The summed E-state index contributed by atoms with van der Waals surface area (Å²) < 4.78 is 16.5. The Hall–Kier alpha value is -3.62. The number of nitrogens with zero attached hydrogens (tertiary/aromatic N) is 4. The number of amides is 1. The molecule has 0 saturated carbocycles. The third kappa shape index (κ3) is 5.29. The second kappa shape index (κ2) is 11.0. The van der Waals surface area contributed by atoms with Gasteiger partial charge in [0.05, 0.1) is 38.8 Å².